The molecule has 0 saturated heterocycles. The van der Waals surface area contributed by atoms with Crippen molar-refractivity contribution in [2.75, 3.05) is 18.8 Å². The molecule has 1 nitrogen and oxygen atoms in total. The van der Waals surface area contributed by atoms with Crippen LogP contribution in [0.5, 0.6) is 0 Å². The number of hydrogen-bond acceptors (Lipinski definition) is 2. The van der Waals surface area contributed by atoms with E-state index in [4.69, 9.17) is 0 Å². The normalized spacial score (nSPS) is 10.6. The summed E-state index contributed by atoms with van der Waals surface area (Å²) < 4.78 is 0. The summed E-state index contributed by atoms with van der Waals surface area (Å²) in [6.45, 7) is 6.69. The lowest BCUT2D eigenvalue weighted by Crippen LogP contribution is -2.18. The first-order valence-corrected chi connectivity index (χ1v) is 7.32. The third kappa shape index (κ3) is 6.19. The Morgan fingerprint density at radius 2 is 2.12 bits per heavy atom. The first-order chi connectivity index (χ1) is 7.83. The van der Waals surface area contributed by atoms with Crippen LogP contribution in [0.2, 0.25) is 0 Å². The maximum absolute atomic E-state index is 3.46. The lowest BCUT2D eigenvalue weighted by molar-refractivity contribution is 0.666. The molecule has 0 spiro atoms. The van der Waals surface area contributed by atoms with E-state index in [0.29, 0.717) is 0 Å². The molecular formula is C14H23NS. The van der Waals surface area contributed by atoms with Gasteiger partial charge in [0.1, 0.15) is 0 Å². The van der Waals surface area contributed by atoms with Crippen LogP contribution in [-0.2, 0) is 5.75 Å². The third-order valence-corrected chi connectivity index (χ3v) is 3.51. The highest BCUT2D eigenvalue weighted by atomic mass is 32.2. The van der Waals surface area contributed by atoms with E-state index >= 15 is 0 Å². The van der Waals surface area contributed by atoms with E-state index in [-0.39, 0.29) is 0 Å². The van der Waals surface area contributed by atoms with Crippen LogP contribution < -0.4 is 5.32 Å². The maximum Gasteiger partial charge on any atom is 0.0185 e. The summed E-state index contributed by atoms with van der Waals surface area (Å²) >= 11 is 2.01. The van der Waals surface area contributed by atoms with Crippen LogP contribution in [0.1, 0.15) is 30.9 Å². The Labute approximate surface area is 104 Å². The molecule has 1 aromatic rings. The van der Waals surface area contributed by atoms with Gasteiger partial charge < -0.3 is 5.32 Å². The molecule has 1 aromatic carbocycles. The minimum absolute atomic E-state index is 1.14. The van der Waals surface area contributed by atoms with Crippen LogP contribution in [0.15, 0.2) is 24.3 Å². The molecule has 0 saturated carbocycles. The zero-order chi connectivity index (χ0) is 11.6. The zero-order valence-corrected chi connectivity index (χ0v) is 11.3. The van der Waals surface area contributed by atoms with Gasteiger partial charge in [0.05, 0.1) is 0 Å². The largest absolute Gasteiger partial charge is 0.316 e. The summed E-state index contributed by atoms with van der Waals surface area (Å²) in [6.07, 6.45) is 2.58. The Bertz CT molecular complexity index is 286. The average Bonchev–Trinajstić information content (AvgIpc) is 2.28. The molecule has 0 aliphatic carbocycles. The number of unbranched alkanes of at least 4 members (excludes halogenated alkanes) is 1. The summed E-state index contributed by atoms with van der Waals surface area (Å²) in [7, 11) is 0. The molecular weight excluding hydrogens is 214 g/mol. The smallest absolute Gasteiger partial charge is 0.0185 e. The quantitative estimate of drug-likeness (QED) is 0.693. The number of rotatable bonds is 8. The second-order valence-electron chi connectivity index (χ2n) is 4.15. The molecule has 90 valence electrons. The van der Waals surface area contributed by atoms with Crippen LogP contribution in [0.25, 0.3) is 0 Å². The average molecular weight is 237 g/mol. The van der Waals surface area contributed by atoms with E-state index in [9.17, 15) is 0 Å². The Kier molecular flexibility index (Phi) is 7.35. The fraction of sp³-hybridized carbons (Fsp3) is 0.571. The van der Waals surface area contributed by atoms with Crippen LogP contribution in [-0.4, -0.2) is 18.8 Å². The summed E-state index contributed by atoms with van der Waals surface area (Å²) in [5.41, 5.74) is 2.80. The molecule has 0 aliphatic rings. The molecule has 0 bridgehead atoms. The van der Waals surface area contributed by atoms with Gasteiger partial charge in [0.2, 0.25) is 0 Å². The van der Waals surface area contributed by atoms with Crippen LogP contribution >= 0.6 is 11.8 Å². The molecule has 0 heterocycles. The number of nitrogens with one attached hydrogen (secondary N) is 1. The van der Waals surface area contributed by atoms with Crippen molar-refractivity contribution >= 4 is 11.8 Å². The van der Waals surface area contributed by atoms with E-state index in [0.717, 1.165) is 12.3 Å². The van der Waals surface area contributed by atoms with Crippen LogP contribution in [0.4, 0.5) is 0 Å². The van der Waals surface area contributed by atoms with Gasteiger partial charge in [0.25, 0.3) is 0 Å². The van der Waals surface area contributed by atoms with Crippen molar-refractivity contribution < 1.29 is 0 Å². The first kappa shape index (κ1) is 13.6. The van der Waals surface area contributed by atoms with Gasteiger partial charge in [-0.2, -0.15) is 11.8 Å². The van der Waals surface area contributed by atoms with E-state index < -0.39 is 0 Å². The highest BCUT2D eigenvalue weighted by Gasteiger charge is 1.94. The Morgan fingerprint density at radius 3 is 2.88 bits per heavy atom. The summed E-state index contributed by atoms with van der Waals surface area (Å²) in [6, 6.07) is 8.78. The van der Waals surface area contributed by atoms with Gasteiger partial charge in [-0.25, -0.2) is 0 Å². The van der Waals surface area contributed by atoms with Gasteiger partial charge in [-0.3, -0.25) is 0 Å². The molecule has 2 heteroatoms. The molecule has 1 N–H and O–H groups in total. The van der Waals surface area contributed by atoms with Crippen molar-refractivity contribution in [2.24, 2.45) is 0 Å². The van der Waals surface area contributed by atoms with E-state index in [1.165, 1.54) is 36.3 Å². The molecule has 1 rings (SSSR count). The second-order valence-corrected chi connectivity index (χ2v) is 5.25. The molecule has 0 amide bonds. The fourth-order valence-corrected chi connectivity index (χ4v) is 2.41. The molecule has 0 unspecified atom stereocenters. The SMILES string of the molecule is CCCCNCCSCc1cccc(C)c1. The first-order valence-electron chi connectivity index (χ1n) is 6.17. The predicted octanol–water partition coefficient (Wildman–Crippen LogP) is 3.62. The number of thioether (sulfide) groups is 1. The number of benzene rings is 1. The molecule has 0 aromatic heterocycles. The van der Waals surface area contributed by atoms with Gasteiger partial charge in [-0.15, -0.1) is 0 Å². The lowest BCUT2D eigenvalue weighted by Gasteiger charge is -2.04. The Balaban J connectivity index is 2.03. The minimum Gasteiger partial charge on any atom is -0.316 e. The minimum atomic E-state index is 1.14. The summed E-state index contributed by atoms with van der Waals surface area (Å²) in [4.78, 5) is 0. The third-order valence-electron chi connectivity index (χ3n) is 2.48. The van der Waals surface area contributed by atoms with E-state index in [1.807, 2.05) is 11.8 Å². The Morgan fingerprint density at radius 1 is 1.25 bits per heavy atom. The van der Waals surface area contributed by atoms with Crippen molar-refractivity contribution in [3.05, 3.63) is 35.4 Å². The van der Waals surface area contributed by atoms with Gasteiger partial charge in [0.15, 0.2) is 0 Å². The molecule has 0 fully saturated rings. The summed E-state index contributed by atoms with van der Waals surface area (Å²) in [5.74, 6) is 2.34. The Hall–Kier alpha value is -0.470. The van der Waals surface area contributed by atoms with Crippen LogP contribution in [0, 0.1) is 6.92 Å². The zero-order valence-electron chi connectivity index (χ0n) is 10.5. The van der Waals surface area contributed by atoms with Crippen LogP contribution in [0.3, 0.4) is 0 Å². The van der Waals surface area contributed by atoms with Crippen molar-refractivity contribution in [2.45, 2.75) is 32.4 Å². The van der Waals surface area contributed by atoms with Gasteiger partial charge >= 0.3 is 0 Å². The highest BCUT2D eigenvalue weighted by molar-refractivity contribution is 7.98. The molecule has 0 radical (unpaired) electrons. The number of hydrogen-bond donors (Lipinski definition) is 1. The molecule has 16 heavy (non-hydrogen) atoms. The second kappa shape index (κ2) is 8.66. The lowest BCUT2D eigenvalue weighted by atomic mass is 10.2. The van der Waals surface area contributed by atoms with Crippen molar-refractivity contribution in [3.63, 3.8) is 0 Å². The van der Waals surface area contributed by atoms with Gasteiger partial charge in [-0.1, -0.05) is 43.2 Å². The van der Waals surface area contributed by atoms with E-state index in [2.05, 4.69) is 43.4 Å². The monoisotopic (exact) mass is 237 g/mol. The predicted molar refractivity (Wildman–Crippen MR) is 75.1 cm³/mol. The standard InChI is InChI=1S/C14H23NS/c1-3-4-8-15-9-10-16-12-14-7-5-6-13(2)11-14/h5-7,11,15H,3-4,8-10,12H2,1-2H3. The maximum atomic E-state index is 3.46. The molecule has 0 atom stereocenters. The van der Waals surface area contributed by atoms with Crippen molar-refractivity contribution in [3.8, 4) is 0 Å². The molecule has 0 aliphatic heterocycles. The summed E-state index contributed by atoms with van der Waals surface area (Å²) in [5, 5.41) is 3.46. The van der Waals surface area contributed by atoms with Gasteiger partial charge in [0, 0.05) is 18.1 Å². The van der Waals surface area contributed by atoms with Crippen molar-refractivity contribution in [1.29, 1.82) is 0 Å². The highest BCUT2D eigenvalue weighted by Crippen LogP contribution is 2.12. The van der Waals surface area contributed by atoms with E-state index in [1.54, 1.807) is 0 Å². The number of aryl methyl sites for hydroxylation is 1. The van der Waals surface area contributed by atoms with Gasteiger partial charge in [-0.05, 0) is 25.5 Å². The fourth-order valence-electron chi connectivity index (χ4n) is 1.56. The topological polar surface area (TPSA) is 12.0 Å². The van der Waals surface area contributed by atoms with Crippen molar-refractivity contribution in [1.82, 2.24) is 5.32 Å².